The Hall–Kier alpha value is -4.27. The number of rotatable bonds is 6. The van der Waals surface area contributed by atoms with E-state index in [1.807, 2.05) is 42.2 Å². The lowest BCUT2D eigenvalue weighted by atomic mass is 10.0. The number of ether oxygens (including phenoxy) is 1. The van der Waals surface area contributed by atoms with Gasteiger partial charge in [-0.1, -0.05) is 26.0 Å². The lowest BCUT2D eigenvalue weighted by Gasteiger charge is -2.39. The van der Waals surface area contributed by atoms with Gasteiger partial charge in [-0.3, -0.25) is 9.59 Å². The highest BCUT2D eigenvalue weighted by Gasteiger charge is 2.31. The smallest absolute Gasteiger partial charge is 0.274 e. The van der Waals surface area contributed by atoms with Crippen molar-refractivity contribution in [1.29, 1.82) is 0 Å². The minimum absolute atomic E-state index is 0.0339. The fourth-order valence-corrected chi connectivity index (χ4v) is 4.98. The highest BCUT2D eigenvalue weighted by atomic mass is 19.1. The minimum Gasteiger partial charge on any atom is -0.497 e. The molecule has 1 atom stereocenters. The maximum atomic E-state index is 13.5. The molecule has 9 heteroatoms. The molecule has 0 spiro atoms. The van der Waals surface area contributed by atoms with Gasteiger partial charge < -0.3 is 14.5 Å². The van der Waals surface area contributed by atoms with Gasteiger partial charge in [-0.2, -0.15) is 5.10 Å². The molecule has 1 aliphatic heterocycles. The van der Waals surface area contributed by atoms with Crippen molar-refractivity contribution in [2.45, 2.75) is 39.2 Å². The Labute approximate surface area is 227 Å². The predicted molar refractivity (Wildman–Crippen MR) is 146 cm³/mol. The first-order valence-corrected chi connectivity index (χ1v) is 13.1. The molecular weight excluding hydrogens is 497 g/mol. The SMILES string of the molecule is COc1ccc(CC(=O)N2CCN(C(=O)c3cn4nc(-c5ccc(F)cc5)cc(C(C)C)c4n3)CC2C)cc1. The van der Waals surface area contributed by atoms with Crippen LogP contribution in [-0.2, 0) is 11.2 Å². The van der Waals surface area contributed by atoms with Gasteiger partial charge in [0.25, 0.3) is 5.91 Å². The van der Waals surface area contributed by atoms with Gasteiger partial charge >= 0.3 is 0 Å². The van der Waals surface area contributed by atoms with Crippen molar-refractivity contribution in [3.05, 3.63) is 83.4 Å². The zero-order valence-corrected chi connectivity index (χ0v) is 22.6. The number of piperazine rings is 1. The fourth-order valence-electron chi connectivity index (χ4n) is 4.98. The summed E-state index contributed by atoms with van der Waals surface area (Å²) in [5, 5.41) is 4.67. The molecule has 0 aliphatic carbocycles. The van der Waals surface area contributed by atoms with Crippen molar-refractivity contribution in [1.82, 2.24) is 24.4 Å². The topological polar surface area (TPSA) is 80.0 Å². The van der Waals surface area contributed by atoms with Crippen LogP contribution in [0, 0.1) is 5.82 Å². The first kappa shape index (κ1) is 26.3. The van der Waals surface area contributed by atoms with Gasteiger partial charge in [0, 0.05) is 36.8 Å². The average molecular weight is 530 g/mol. The number of carbonyl (C=O) groups excluding carboxylic acids is 2. The Morgan fingerprint density at radius 2 is 1.79 bits per heavy atom. The number of methoxy groups -OCH3 is 1. The minimum atomic E-state index is -0.309. The van der Waals surface area contributed by atoms with Crippen LogP contribution in [0.3, 0.4) is 0 Å². The van der Waals surface area contributed by atoms with Gasteiger partial charge in [0.15, 0.2) is 5.65 Å². The Balaban J connectivity index is 1.32. The molecule has 39 heavy (non-hydrogen) atoms. The van der Waals surface area contributed by atoms with E-state index in [-0.39, 0.29) is 29.6 Å². The van der Waals surface area contributed by atoms with E-state index in [1.165, 1.54) is 12.1 Å². The lowest BCUT2D eigenvalue weighted by Crippen LogP contribution is -2.55. The molecule has 4 aromatic rings. The predicted octanol–water partition coefficient (Wildman–Crippen LogP) is 4.58. The molecule has 5 rings (SSSR count). The quantitative estimate of drug-likeness (QED) is 0.365. The molecule has 3 heterocycles. The molecule has 1 aliphatic rings. The third-order valence-corrected chi connectivity index (χ3v) is 7.18. The summed E-state index contributed by atoms with van der Waals surface area (Å²) < 4.78 is 20.3. The van der Waals surface area contributed by atoms with Crippen molar-refractivity contribution >= 4 is 17.5 Å². The van der Waals surface area contributed by atoms with E-state index >= 15 is 0 Å². The Bertz CT molecular complexity index is 1500. The summed E-state index contributed by atoms with van der Waals surface area (Å²) in [6, 6.07) is 15.5. The number of hydrogen-bond acceptors (Lipinski definition) is 5. The summed E-state index contributed by atoms with van der Waals surface area (Å²) in [6.07, 6.45) is 1.96. The normalized spacial score (nSPS) is 15.7. The molecule has 2 aromatic heterocycles. The second-order valence-corrected chi connectivity index (χ2v) is 10.3. The van der Waals surface area contributed by atoms with E-state index in [0.717, 1.165) is 22.4 Å². The molecule has 0 bridgehead atoms. The fraction of sp³-hybridized carbons (Fsp3) is 0.333. The van der Waals surface area contributed by atoms with E-state index in [1.54, 1.807) is 34.9 Å². The van der Waals surface area contributed by atoms with Crippen molar-refractivity contribution in [2.75, 3.05) is 26.7 Å². The van der Waals surface area contributed by atoms with Gasteiger partial charge in [-0.15, -0.1) is 0 Å². The van der Waals surface area contributed by atoms with Crippen LogP contribution in [0.15, 0.2) is 60.8 Å². The van der Waals surface area contributed by atoms with Crippen molar-refractivity contribution in [3.63, 3.8) is 0 Å². The van der Waals surface area contributed by atoms with Crippen LogP contribution >= 0.6 is 0 Å². The van der Waals surface area contributed by atoms with Gasteiger partial charge in [0.1, 0.15) is 17.3 Å². The van der Waals surface area contributed by atoms with Crippen LogP contribution in [0.4, 0.5) is 4.39 Å². The Kier molecular flexibility index (Phi) is 7.32. The molecule has 0 N–H and O–H groups in total. The molecule has 1 fully saturated rings. The Morgan fingerprint density at radius 3 is 2.44 bits per heavy atom. The zero-order chi connectivity index (χ0) is 27.7. The average Bonchev–Trinajstić information content (AvgIpc) is 3.37. The summed E-state index contributed by atoms with van der Waals surface area (Å²) >= 11 is 0. The number of fused-ring (bicyclic) bond motifs is 1. The number of benzene rings is 2. The van der Waals surface area contributed by atoms with Crippen LogP contribution in [0.25, 0.3) is 16.9 Å². The third-order valence-electron chi connectivity index (χ3n) is 7.18. The summed E-state index contributed by atoms with van der Waals surface area (Å²) in [4.78, 5) is 34.7. The maximum absolute atomic E-state index is 13.5. The van der Waals surface area contributed by atoms with Gasteiger partial charge in [-0.25, -0.2) is 13.9 Å². The molecule has 0 radical (unpaired) electrons. The number of hydrogen-bond donors (Lipinski definition) is 0. The molecule has 202 valence electrons. The number of halogens is 1. The van der Waals surface area contributed by atoms with Crippen molar-refractivity contribution < 1.29 is 18.7 Å². The Morgan fingerprint density at radius 1 is 1.08 bits per heavy atom. The highest BCUT2D eigenvalue weighted by molar-refractivity contribution is 5.93. The molecule has 2 aromatic carbocycles. The second kappa shape index (κ2) is 10.8. The number of carbonyl (C=O) groups is 2. The van der Waals surface area contributed by atoms with Crippen LogP contribution in [0.1, 0.15) is 48.3 Å². The highest BCUT2D eigenvalue weighted by Crippen LogP contribution is 2.26. The van der Waals surface area contributed by atoms with Crippen molar-refractivity contribution in [2.24, 2.45) is 0 Å². The molecule has 0 saturated carbocycles. The number of aromatic nitrogens is 3. The van der Waals surface area contributed by atoms with Gasteiger partial charge in [0.2, 0.25) is 5.91 Å². The largest absolute Gasteiger partial charge is 0.497 e. The van der Waals surface area contributed by atoms with Crippen molar-refractivity contribution in [3.8, 4) is 17.0 Å². The molecule has 8 nitrogen and oxygen atoms in total. The van der Waals surface area contributed by atoms with Gasteiger partial charge in [-0.05, 0) is 60.9 Å². The monoisotopic (exact) mass is 529 g/mol. The molecule has 2 amide bonds. The van der Waals surface area contributed by atoms with E-state index in [0.29, 0.717) is 43.1 Å². The third kappa shape index (κ3) is 5.48. The maximum Gasteiger partial charge on any atom is 0.274 e. The van der Waals surface area contributed by atoms with Crippen LogP contribution in [0.5, 0.6) is 5.75 Å². The summed E-state index contributed by atoms with van der Waals surface area (Å²) in [5.74, 6) is 0.428. The zero-order valence-electron chi connectivity index (χ0n) is 22.6. The van der Waals surface area contributed by atoms with Gasteiger partial charge in [0.05, 0.1) is 25.4 Å². The second-order valence-electron chi connectivity index (χ2n) is 10.3. The first-order chi connectivity index (χ1) is 18.7. The summed E-state index contributed by atoms with van der Waals surface area (Å²) in [6.45, 7) is 7.39. The van der Waals surface area contributed by atoms with Crippen LogP contribution in [-0.4, -0.2) is 69.0 Å². The van der Waals surface area contributed by atoms with E-state index < -0.39 is 0 Å². The van der Waals surface area contributed by atoms with Crippen LogP contribution < -0.4 is 4.74 Å². The van der Waals surface area contributed by atoms with Crippen LogP contribution in [0.2, 0.25) is 0 Å². The lowest BCUT2D eigenvalue weighted by molar-refractivity contribution is -0.134. The van der Waals surface area contributed by atoms with E-state index in [2.05, 4.69) is 23.9 Å². The molecular formula is C30H32FN5O3. The molecule has 1 unspecified atom stereocenters. The summed E-state index contributed by atoms with van der Waals surface area (Å²) in [5.41, 5.74) is 4.27. The first-order valence-electron chi connectivity index (χ1n) is 13.1. The number of nitrogens with zero attached hydrogens (tertiary/aromatic N) is 5. The van der Waals surface area contributed by atoms with E-state index in [4.69, 9.17) is 4.74 Å². The number of imidazole rings is 1. The summed E-state index contributed by atoms with van der Waals surface area (Å²) in [7, 11) is 1.61. The molecule has 1 saturated heterocycles. The van der Waals surface area contributed by atoms with E-state index in [9.17, 15) is 14.0 Å². The standard InChI is InChI=1S/C30H32FN5O3/c1-19(2)25-16-26(22-7-9-23(31)10-8-22)33-36-18-27(32-29(25)36)30(38)34-13-14-35(20(3)17-34)28(37)15-21-5-11-24(39-4)12-6-21/h5-12,16,18-20H,13-15,17H2,1-4H3. The number of amides is 2.